The Kier molecular flexibility index (Phi) is 2.40. The van der Waals surface area contributed by atoms with Crippen molar-refractivity contribution in [3.8, 4) is 5.75 Å². The third-order valence-electron chi connectivity index (χ3n) is 2.32. The molecule has 15 heavy (non-hydrogen) atoms. The second kappa shape index (κ2) is 3.59. The zero-order valence-electron chi connectivity index (χ0n) is 8.43. The number of methoxy groups -OCH3 is 1. The Balaban J connectivity index is 2.88. The van der Waals surface area contributed by atoms with E-state index in [0.717, 1.165) is 5.52 Å². The van der Waals surface area contributed by atoms with E-state index >= 15 is 0 Å². The number of H-pyrrole nitrogens is 1. The number of fused-ring (bicyclic) bond motifs is 1. The molecule has 0 atom stereocenters. The summed E-state index contributed by atoms with van der Waals surface area (Å²) in [4.78, 5) is 14.9. The summed E-state index contributed by atoms with van der Waals surface area (Å²) >= 11 is 5.87. The van der Waals surface area contributed by atoms with Gasteiger partial charge < -0.3 is 9.72 Å². The van der Waals surface area contributed by atoms with Gasteiger partial charge in [-0.3, -0.25) is 4.79 Å². The number of ether oxygens (including phenoxy) is 1. The minimum atomic E-state index is -0.165. The van der Waals surface area contributed by atoms with Gasteiger partial charge in [-0.05, 0) is 25.1 Å². The molecule has 1 N–H and O–H groups in total. The fourth-order valence-corrected chi connectivity index (χ4v) is 1.64. The first-order valence-electron chi connectivity index (χ1n) is 4.49. The molecule has 1 heterocycles. The standard InChI is InChI=1S/C11H10ClNO2/c1-6-10(12)11(14)8-5-7(15-2)3-4-9(8)13-6/h3-5H,1-2H3,(H,13,14). The third-order valence-corrected chi connectivity index (χ3v) is 2.78. The molecule has 0 bridgehead atoms. The van der Waals surface area contributed by atoms with E-state index in [9.17, 15) is 4.79 Å². The Morgan fingerprint density at radius 3 is 2.80 bits per heavy atom. The summed E-state index contributed by atoms with van der Waals surface area (Å²) in [6.45, 7) is 1.77. The van der Waals surface area contributed by atoms with Gasteiger partial charge in [0.15, 0.2) is 0 Å². The van der Waals surface area contributed by atoms with E-state index < -0.39 is 0 Å². The predicted molar refractivity (Wildman–Crippen MR) is 60.9 cm³/mol. The number of benzene rings is 1. The molecule has 0 aliphatic rings. The van der Waals surface area contributed by atoms with Crippen LogP contribution < -0.4 is 10.2 Å². The second-order valence-electron chi connectivity index (χ2n) is 3.30. The van der Waals surface area contributed by atoms with Crippen molar-refractivity contribution >= 4 is 22.5 Å². The minimum absolute atomic E-state index is 0.165. The first-order chi connectivity index (χ1) is 7.13. The highest BCUT2D eigenvalue weighted by molar-refractivity contribution is 6.31. The maximum atomic E-state index is 11.8. The summed E-state index contributed by atoms with van der Waals surface area (Å²) < 4.78 is 5.05. The molecular weight excluding hydrogens is 214 g/mol. The van der Waals surface area contributed by atoms with Gasteiger partial charge in [0.25, 0.3) is 0 Å². The molecule has 0 saturated heterocycles. The van der Waals surface area contributed by atoms with Crippen LogP contribution in [0.5, 0.6) is 5.75 Å². The Labute approximate surface area is 91.6 Å². The van der Waals surface area contributed by atoms with Crippen LogP contribution >= 0.6 is 11.6 Å². The molecule has 2 rings (SSSR count). The number of hydrogen-bond acceptors (Lipinski definition) is 2. The van der Waals surface area contributed by atoms with Gasteiger partial charge in [0, 0.05) is 11.2 Å². The average molecular weight is 224 g/mol. The van der Waals surface area contributed by atoms with Gasteiger partial charge in [-0.15, -0.1) is 0 Å². The zero-order chi connectivity index (χ0) is 11.0. The van der Waals surface area contributed by atoms with Crippen molar-refractivity contribution < 1.29 is 4.74 Å². The Hall–Kier alpha value is -1.48. The maximum absolute atomic E-state index is 11.8. The lowest BCUT2D eigenvalue weighted by atomic mass is 10.2. The molecule has 78 valence electrons. The highest BCUT2D eigenvalue weighted by atomic mass is 35.5. The van der Waals surface area contributed by atoms with Crippen LogP contribution in [0.3, 0.4) is 0 Å². The van der Waals surface area contributed by atoms with Crippen molar-refractivity contribution in [1.29, 1.82) is 0 Å². The quantitative estimate of drug-likeness (QED) is 0.807. The number of rotatable bonds is 1. The van der Waals surface area contributed by atoms with Crippen molar-refractivity contribution in [3.63, 3.8) is 0 Å². The highest BCUT2D eigenvalue weighted by Crippen LogP contribution is 2.19. The average Bonchev–Trinajstić information content (AvgIpc) is 2.26. The number of aromatic nitrogens is 1. The van der Waals surface area contributed by atoms with Crippen molar-refractivity contribution in [2.24, 2.45) is 0 Å². The summed E-state index contributed by atoms with van der Waals surface area (Å²) in [5, 5.41) is 0.778. The van der Waals surface area contributed by atoms with E-state index in [1.807, 2.05) is 0 Å². The molecule has 0 aliphatic carbocycles. The monoisotopic (exact) mass is 223 g/mol. The van der Waals surface area contributed by atoms with Crippen molar-refractivity contribution in [3.05, 3.63) is 39.1 Å². The number of aromatic amines is 1. The third kappa shape index (κ3) is 1.59. The number of nitrogens with one attached hydrogen (secondary N) is 1. The lowest BCUT2D eigenvalue weighted by molar-refractivity contribution is 0.415. The largest absolute Gasteiger partial charge is 0.497 e. The van der Waals surface area contributed by atoms with E-state index in [-0.39, 0.29) is 10.5 Å². The van der Waals surface area contributed by atoms with Crippen LogP contribution in [-0.4, -0.2) is 12.1 Å². The maximum Gasteiger partial charge on any atom is 0.208 e. The van der Waals surface area contributed by atoms with E-state index in [1.54, 1.807) is 32.2 Å². The molecule has 4 heteroatoms. The van der Waals surface area contributed by atoms with Gasteiger partial charge in [-0.1, -0.05) is 11.6 Å². The van der Waals surface area contributed by atoms with Crippen molar-refractivity contribution in [1.82, 2.24) is 4.98 Å². The zero-order valence-corrected chi connectivity index (χ0v) is 9.18. The summed E-state index contributed by atoms with van der Waals surface area (Å²) in [5.41, 5.74) is 1.28. The van der Waals surface area contributed by atoms with E-state index in [4.69, 9.17) is 16.3 Å². The van der Waals surface area contributed by atoms with Crippen molar-refractivity contribution in [2.75, 3.05) is 7.11 Å². The number of halogens is 1. The fraction of sp³-hybridized carbons (Fsp3) is 0.182. The molecule has 0 aliphatic heterocycles. The van der Waals surface area contributed by atoms with Crippen LogP contribution in [0.25, 0.3) is 10.9 Å². The Bertz CT molecular complexity index is 575. The molecule has 3 nitrogen and oxygen atoms in total. The summed E-state index contributed by atoms with van der Waals surface area (Å²) in [7, 11) is 1.56. The molecule has 1 aromatic carbocycles. The summed E-state index contributed by atoms with van der Waals surface area (Å²) in [5.74, 6) is 0.646. The molecular formula is C11H10ClNO2. The summed E-state index contributed by atoms with van der Waals surface area (Å²) in [6, 6.07) is 5.28. The van der Waals surface area contributed by atoms with Gasteiger partial charge in [0.1, 0.15) is 10.8 Å². The molecule has 0 fully saturated rings. The first kappa shape index (κ1) is 10.1. The van der Waals surface area contributed by atoms with Crippen LogP contribution in [-0.2, 0) is 0 Å². The van der Waals surface area contributed by atoms with Crippen LogP contribution in [0.15, 0.2) is 23.0 Å². The number of pyridine rings is 1. The molecule has 0 amide bonds. The van der Waals surface area contributed by atoms with Gasteiger partial charge in [0.2, 0.25) is 5.43 Å². The number of hydrogen-bond donors (Lipinski definition) is 1. The molecule has 0 spiro atoms. The lowest BCUT2D eigenvalue weighted by Gasteiger charge is -2.04. The van der Waals surface area contributed by atoms with E-state index in [0.29, 0.717) is 16.8 Å². The Morgan fingerprint density at radius 2 is 2.13 bits per heavy atom. The normalized spacial score (nSPS) is 10.6. The van der Waals surface area contributed by atoms with E-state index in [2.05, 4.69) is 4.98 Å². The van der Waals surface area contributed by atoms with E-state index in [1.165, 1.54) is 0 Å². The molecule has 2 aromatic rings. The topological polar surface area (TPSA) is 42.1 Å². The molecule has 0 saturated carbocycles. The van der Waals surface area contributed by atoms with Crippen LogP contribution in [0.1, 0.15) is 5.69 Å². The van der Waals surface area contributed by atoms with Gasteiger partial charge in [0.05, 0.1) is 12.5 Å². The SMILES string of the molecule is COc1ccc2[nH]c(C)c(Cl)c(=O)c2c1. The molecule has 0 unspecified atom stereocenters. The second-order valence-corrected chi connectivity index (χ2v) is 3.68. The minimum Gasteiger partial charge on any atom is -0.497 e. The molecule has 0 radical (unpaired) electrons. The van der Waals surface area contributed by atoms with Gasteiger partial charge >= 0.3 is 0 Å². The van der Waals surface area contributed by atoms with Gasteiger partial charge in [-0.25, -0.2) is 0 Å². The highest BCUT2D eigenvalue weighted by Gasteiger charge is 2.07. The smallest absolute Gasteiger partial charge is 0.208 e. The first-order valence-corrected chi connectivity index (χ1v) is 4.87. The fourth-order valence-electron chi connectivity index (χ4n) is 1.49. The summed E-state index contributed by atoms with van der Waals surface area (Å²) in [6.07, 6.45) is 0. The lowest BCUT2D eigenvalue weighted by Crippen LogP contribution is -2.06. The molecule has 1 aromatic heterocycles. The van der Waals surface area contributed by atoms with Crippen molar-refractivity contribution in [2.45, 2.75) is 6.92 Å². The number of aryl methyl sites for hydroxylation is 1. The Morgan fingerprint density at radius 1 is 1.40 bits per heavy atom. The van der Waals surface area contributed by atoms with Gasteiger partial charge in [-0.2, -0.15) is 0 Å². The predicted octanol–water partition coefficient (Wildman–Crippen LogP) is 2.50. The van der Waals surface area contributed by atoms with Crippen LogP contribution in [0.2, 0.25) is 5.02 Å². The van der Waals surface area contributed by atoms with Crippen LogP contribution in [0, 0.1) is 6.92 Å². The van der Waals surface area contributed by atoms with Crippen LogP contribution in [0.4, 0.5) is 0 Å².